The molecule has 6 nitrogen and oxygen atoms in total. The number of rotatable bonds is 5. The van der Waals surface area contributed by atoms with E-state index in [0.717, 1.165) is 5.39 Å². The lowest BCUT2D eigenvalue weighted by Gasteiger charge is -2.12. The average molecular weight is 296 g/mol. The summed E-state index contributed by atoms with van der Waals surface area (Å²) >= 11 is 5.95. The van der Waals surface area contributed by atoms with Gasteiger partial charge in [-0.3, -0.25) is 10.1 Å². The van der Waals surface area contributed by atoms with Gasteiger partial charge in [-0.2, -0.15) is 0 Å². The minimum absolute atomic E-state index is 0.105. The topological polar surface area (TPSA) is 68.5 Å². The van der Waals surface area contributed by atoms with Crippen LogP contribution in [0.3, 0.4) is 0 Å². The number of benzene rings is 1. The molecule has 0 spiro atoms. The summed E-state index contributed by atoms with van der Waals surface area (Å²) in [6, 6.07) is 4.76. The lowest BCUT2D eigenvalue weighted by atomic mass is 10.1. The van der Waals surface area contributed by atoms with Gasteiger partial charge in [0.05, 0.1) is 4.92 Å². The summed E-state index contributed by atoms with van der Waals surface area (Å²) in [5, 5.41) is 12.7. The van der Waals surface area contributed by atoms with Crippen LogP contribution < -0.4 is 4.74 Å². The summed E-state index contributed by atoms with van der Waals surface area (Å²) in [5.41, 5.74) is -0.105. The molecule has 0 saturated carbocycles. The second-order valence-electron chi connectivity index (χ2n) is 4.55. The summed E-state index contributed by atoms with van der Waals surface area (Å²) in [5.74, 6) is 0.242. The molecule has 0 amide bonds. The number of hydrogen-bond acceptors (Lipinski definition) is 5. The van der Waals surface area contributed by atoms with Crippen molar-refractivity contribution in [3.05, 3.63) is 39.7 Å². The van der Waals surface area contributed by atoms with Gasteiger partial charge in [-0.15, -0.1) is 0 Å². The maximum atomic E-state index is 11.1. The van der Waals surface area contributed by atoms with Crippen molar-refractivity contribution in [1.29, 1.82) is 0 Å². The molecule has 0 aliphatic heterocycles. The Morgan fingerprint density at radius 2 is 2.20 bits per heavy atom. The zero-order valence-electron chi connectivity index (χ0n) is 11.2. The third-order valence-corrected chi connectivity index (χ3v) is 3.09. The van der Waals surface area contributed by atoms with E-state index in [1.807, 2.05) is 19.0 Å². The first-order valence-electron chi connectivity index (χ1n) is 5.99. The van der Waals surface area contributed by atoms with Crippen LogP contribution in [0.25, 0.3) is 10.8 Å². The quantitative estimate of drug-likeness (QED) is 0.482. The molecule has 0 saturated heterocycles. The molecule has 0 radical (unpaired) electrons. The van der Waals surface area contributed by atoms with Crippen LogP contribution in [-0.2, 0) is 0 Å². The number of ether oxygens (including phenoxy) is 1. The molecule has 0 aliphatic carbocycles. The standard InChI is InChI=1S/C13H14ClN3O3/c1-16(2)5-6-20-12-7-9-3-4-15-13(14)10(9)8-11(12)17(18)19/h3-4,7-8H,5-6H2,1-2H3. The molecule has 0 unspecified atom stereocenters. The molecule has 1 aromatic carbocycles. The van der Waals surface area contributed by atoms with Crippen molar-refractivity contribution in [2.45, 2.75) is 0 Å². The van der Waals surface area contributed by atoms with Crippen molar-refractivity contribution < 1.29 is 9.66 Å². The number of nitro benzene ring substituents is 1. The molecule has 0 fully saturated rings. The van der Waals surface area contributed by atoms with Crippen LogP contribution in [-0.4, -0.2) is 42.1 Å². The van der Waals surface area contributed by atoms with Gasteiger partial charge in [-0.05, 0) is 31.6 Å². The zero-order valence-corrected chi connectivity index (χ0v) is 11.9. The van der Waals surface area contributed by atoms with Crippen LogP contribution in [0.5, 0.6) is 5.75 Å². The van der Waals surface area contributed by atoms with Crippen molar-refractivity contribution in [2.75, 3.05) is 27.2 Å². The Bertz CT molecular complexity index is 646. The summed E-state index contributed by atoms with van der Waals surface area (Å²) in [6.07, 6.45) is 1.56. The van der Waals surface area contributed by atoms with Gasteiger partial charge in [-0.25, -0.2) is 4.98 Å². The maximum absolute atomic E-state index is 11.1. The second kappa shape index (κ2) is 6.02. The third-order valence-electron chi connectivity index (χ3n) is 2.79. The lowest BCUT2D eigenvalue weighted by Crippen LogP contribution is -2.19. The number of pyridine rings is 1. The van der Waals surface area contributed by atoms with Gasteiger partial charge < -0.3 is 9.64 Å². The number of likely N-dealkylation sites (N-methyl/N-ethyl adjacent to an activating group) is 1. The van der Waals surface area contributed by atoms with E-state index in [9.17, 15) is 10.1 Å². The Hall–Kier alpha value is -1.92. The van der Waals surface area contributed by atoms with E-state index in [0.29, 0.717) is 18.5 Å². The van der Waals surface area contributed by atoms with Crippen molar-refractivity contribution in [2.24, 2.45) is 0 Å². The number of hydrogen-bond donors (Lipinski definition) is 0. The number of halogens is 1. The number of fused-ring (bicyclic) bond motifs is 1. The molecule has 0 bridgehead atoms. The van der Waals surface area contributed by atoms with Crippen molar-refractivity contribution in [3.8, 4) is 5.75 Å². The van der Waals surface area contributed by atoms with Gasteiger partial charge in [0, 0.05) is 24.2 Å². The second-order valence-corrected chi connectivity index (χ2v) is 4.91. The molecule has 1 heterocycles. The van der Waals surface area contributed by atoms with E-state index in [1.165, 1.54) is 6.07 Å². The van der Waals surface area contributed by atoms with Crippen molar-refractivity contribution in [1.82, 2.24) is 9.88 Å². The average Bonchev–Trinajstić information content (AvgIpc) is 2.37. The van der Waals surface area contributed by atoms with Crippen molar-refractivity contribution >= 4 is 28.1 Å². The first-order chi connectivity index (χ1) is 9.49. The summed E-state index contributed by atoms with van der Waals surface area (Å²) < 4.78 is 5.51. The predicted octanol–water partition coefficient (Wildman–Crippen LogP) is 2.74. The number of aromatic nitrogens is 1. The van der Waals surface area contributed by atoms with Gasteiger partial charge in [0.15, 0.2) is 5.75 Å². The van der Waals surface area contributed by atoms with Gasteiger partial charge in [0.2, 0.25) is 0 Å². The van der Waals surface area contributed by atoms with E-state index in [4.69, 9.17) is 16.3 Å². The van der Waals surface area contributed by atoms with E-state index in [1.54, 1.807) is 18.3 Å². The Morgan fingerprint density at radius 1 is 1.45 bits per heavy atom. The first kappa shape index (κ1) is 14.5. The summed E-state index contributed by atoms with van der Waals surface area (Å²) in [6.45, 7) is 1.05. The molecule has 7 heteroatoms. The van der Waals surface area contributed by atoms with Crippen LogP contribution in [0.1, 0.15) is 0 Å². The van der Waals surface area contributed by atoms with Gasteiger partial charge >= 0.3 is 5.69 Å². The highest BCUT2D eigenvalue weighted by atomic mass is 35.5. The molecular formula is C13H14ClN3O3. The van der Waals surface area contributed by atoms with Gasteiger partial charge in [0.1, 0.15) is 11.8 Å². The van der Waals surface area contributed by atoms with E-state index >= 15 is 0 Å². The fourth-order valence-electron chi connectivity index (χ4n) is 1.75. The zero-order chi connectivity index (χ0) is 14.7. The highest BCUT2D eigenvalue weighted by molar-refractivity contribution is 6.34. The fraction of sp³-hybridized carbons (Fsp3) is 0.308. The molecule has 0 atom stereocenters. The Balaban J connectivity index is 2.41. The van der Waals surface area contributed by atoms with Gasteiger partial charge in [0.25, 0.3) is 0 Å². The minimum atomic E-state index is -0.478. The molecule has 20 heavy (non-hydrogen) atoms. The number of nitrogens with zero attached hydrogens (tertiary/aromatic N) is 3. The summed E-state index contributed by atoms with van der Waals surface area (Å²) in [7, 11) is 3.81. The van der Waals surface area contributed by atoms with Crippen LogP contribution >= 0.6 is 11.6 Å². The highest BCUT2D eigenvalue weighted by Gasteiger charge is 2.18. The Labute approximate surface area is 121 Å². The smallest absolute Gasteiger partial charge is 0.311 e. The summed E-state index contributed by atoms with van der Waals surface area (Å²) in [4.78, 5) is 16.5. The molecule has 2 aromatic rings. The van der Waals surface area contributed by atoms with Crippen LogP contribution in [0, 0.1) is 10.1 Å². The molecule has 1 aromatic heterocycles. The lowest BCUT2D eigenvalue weighted by molar-refractivity contribution is -0.385. The fourth-order valence-corrected chi connectivity index (χ4v) is 1.97. The largest absolute Gasteiger partial charge is 0.485 e. The Kier molecular flexibility index (Phi) is 4.36. The van der Waals surface area contributed by atoms with E-state index in [2.05, 4.69) is 4.98 Å². The molecular weight excluding hydrogens is 282 g/mol. The SMILES string of the molecule is CN(C)CCOc1cc2ccnc(Cl)c2cc1[N+](=O)[O-]. The highest BCUT2D eigenvalue weighted by Crippen LogP contribution is 2.34. The van der Waals surface area contributed by atoms with Crippen molar-refractivity contribution in [3.63, 3.8) is 0 Å². The van der Waals surface area contributed by atoms with E-state index < -0.39 is 4.92 Å². The Morgan fingerprint density at radius 3 is 2.85 bits per heavy atom. The molecule has 0 N–H and O–H groups in total. The monoisotopic (exact) mass is 295 g/mol. The van der Waals surface area contributed by atoms with E-state index in [-0.39, 0.29) is 16.6 Å². The first-order valence-corrected chi connectivity index (χ1v) is 6.37. The predicted molar refractivity (Wildman–Crippen MR) is 77.5 cm³/mol. The molecule has 106 valence electrons. The van der Waals surface area contributed by atoms with Crippen LogP contribution in [0.4, 0.5) is 5.69 Å². The van der Waals surface area contributed by atoms with Gasteiger partial charge in [-0.1, -0.05) is 11.6 Å². The number of nitro groups is 1. The minimum Gasteiger partial charge on any atom is -0.485 e. The van der Waals surface area contributed by atoms with Crippen LogP contribution in [0.2, 0.25) is 5.15 Å². The normalized spacial score (nSPS) is 11.0. The molecule has 2 rings (SSSR count). The molecule has 0 aliphatic rings. The van der Waals surface area contributed by atoms with Crippen LogP contribution in [0.15, 0.2) is 24.4 Å². The maximum Gasteiger partial charge on any atom is 0.311 e. The third kappa shape index (κ3) is 3.15.